The van der Waals surface area contributed by atoms with Gasteiger partial charge in [-0.2, -0.15) is 0 Å². The summed E-state index contributed by atoms with van der Waals surface area (Å²) in [4.78, 5) is 29.7. The highest BCUT2D eigenvalue weighted by atomic mass is 16.3. The number of hydrogen-bond donors (Lipinski definition) is 2. The Labute approximate surface area is 173 Å². The van der Waals surface area contributed by atoms with Crippen LogP contribution in [0.15, 0.2) is 53.6 Å². The van der Waals surface area contributed by atoms with Gasteiger partial charge in [-0.25, -0.2) is 9.97 Å². The van der Waals surface area contributed by atoms with Crippen LogP contribution in [0.3, 0.4) is 0 Å². The molecule has 1 saturated heterocycles. The van der Waals surface area contributed by atoms with Crippen LogP contribution in [0.4, 0.5) is 5.69 Å². The number of H-pyrrole nitrogens is 1. The maximum absolute atomic E-state index is 12.5. The molecule has 0 saturated carbocycles. The molecule has 8 nitrogen and oxygen atoms in total. The molecule has 2 aromatic heterocycles. The van der Waals surface area contributed by atoms with Crippen LogP contribution in [0.1, 0.15) is 5.82 Å². The molecule has 154 valence electrons. The zero-order chi connectivity index (χ0) is 20.5. The summed E-state index contributed by atoms with van der Waals surface area (Å²) in [5.74, 6) is 0.999. The lowest BCUT2D eigenvalue weighted by Gasteiger charge is -2.35. The van der Waals surface area contributed by atoms with Gasteiger partial charge in [0.2, 0.25) is 0 Å². The number of piperazine rings is 1. The van der Waals surface area contributed by atoms with Crippen molar-refractivity contribution >= 4 is 27.6 Å². The highest BCUT2D eigenvalue weighted by Gasteiger charge is 2.19. The Morgan fingerprint density at radius 1 is 1.03 bits per heavy atom. The van der Waals surface area contributed by atoms with Crippen LogP contribution < -0.4 is 10.5 Å². The van der Waals surface area contributed by atoms with Gasteiger partial charge in [-0.1, -0.05) is 12.1 Å². The van der Waals surface area contributed by atoms with E-state index in [-0.39, 0.29) is 18.7 Å². The number of aromatic nitrogens is 4. The fourth-order valence-electron chi connectivity index (χ4n) is 4.07. The number of nitrogens with one attached hydrogen (secondary N) is 1. The summed E-state index contributed by atoms with van der Waals surface area (Å²) in [5.41, 5.74) is 3.74. The first-order valence-corrected chi connectivity index (χ1v) is 10.2. The quantitative estimate of drug-likeness (QED) is 0.525. The number of nitrogens with zero attached hydrogens (tertiary/aromatic N) is 5. The van der Waals surface area contributed by atoms with E-state index >= 15 is 0 Å². The number of aliphatic hydroxyl groups is 1. The number of aromatic amines is 1. The van der Waals surface area contributed by atoms with Gasteiger partial charge < -0.3 is 15.0 Å². The first kappa shape index (κ1) is 18.8. The third-order valence-corrected chi connectivity index (χ3v) is 5.70. The number of para-hydroxylation sites is 2. The zero-order valence-electron chi connectivity index (χ0n) is 16.7. The van der Waals surface area contributed by atoms with E-state index in [2.05, 4.69) is 30.8 Å². The number of aliphatic hydroxyl groups excluding tert-OH is 1. The standard InChI is InChI=1S/C22H24N6O2/c29-12-11-28-15-23-20-13-16(5-6-17(20)22(28)30)27-9-7-26(8-10-27)14-21-24-18-3-1-2-4-19(18)25-21/h1-6,13,15,29H,7-12,14H2,(H,24,25). The van der Waals surface area contributed by atoms with E-state index in [1.165, 1.54) is 10.9 Å². The molecular weight excluding hydrogens is 380 g/mol. The molecule has 0 atom stereocenters. The number of imidazole rings is 1. The van der Waals surface area contributed by atoms with Crippen molar-refractivity contribution in [1.29, 1.82) is 0 Å². The summed E-state index contributed by atoms with van der Waals surface area (Å²) in [6, 6.07) is 13.9. The van der Waals surface area contributed by atoms with Crippen LogP contribution in [0, 0.1) is 0 Å². The predicted molar refractivity (Wildman–Crippen MR) is 117 cm³/mol. The van der Waals surface area contributed by atoms with Gasteiger partial charge in [0.1, 0.15) is 5.82 Å². The lowest BCUT2D eigenvalue weighted by molar-refractivity contribution is 0.245. The Morgan fingerprint density at radius 2 is 1.87 bits per heavy atom. The summed E-state index contributed by atoms with van der Waals surface area (Å²) < 4.78 is 1.44. The van der Waals surface area contributed by atoms with Crippen LogP contribution in [0.5, 0.6) is 0 Å². The lowest BCUT2D eigenvalue weighted by atomic mass is 10.2. The number of rotatable bonds is 5. The third-order valence-electron chi connectivity index (χ3n) is 5.70. The van der Waals surface area contributed by atoms with Gasteiger partial charge in [-0.15, -0.1) is 0 Å². The fourth-order valence-corrected chi connectivity index (χ4v) is 4.07. The van der Waals surface area contributed by atoms with Gasteiger partial charge in [-0.05, 0) is 30.3 Å². The average Bonchev–Trinajstić information content (AvgIpc) is 3.18. The molecule has 0 amide bonds. The van der Waals surface area contributed by atoms with Gasteiger partial charge in [0, 0.05) is 31.9 Å². The topological polar surface area (TPSA) is 90.3 Å². The molecule has 0 spiro atoms. The maximum Gasteiger partial charge on any atom is 0.261 e. The summed E-state index contributed by atoms with van der Waals surface area (Å²) >= 11 is 0. The smallest absolute Gasteiger partial charge is 0.261 e. The second kappa shape index (κ2) is 7.89. The van der Waals surface area contributed by atoms with Crippen LogP contribution in [0.25, 0.3) is 21.9 Å². The zero-order valence-corrected chi connectivity index (χ0v) is 16.7. The van der Waals surface area contributed by atoms with Crippen molar-refractivity contribution in [3.8, 4) is 0 Å². The fraction of sp³-hybridized carbons (Fsp3) is 0.318. The van der Waals surface area contributed by atoms with Crippen molar-refractivity contribution in [2.75, 3.05) is 37.7 Å². The Kier molecular flexibility index (Phi) is 4.94. The van der Waals surface area contributed by atoms with Crippen molar-refractivity contribution in [1.82, 2.24) is 24.4 Å². The summed E-state index contributed by atoms with van der Waals surface area (Å²) in [7, 11) is 0. The highest BCUT2D eigenvalue weighted by Crippen LogP contribution is 2.21. The number of fused-ring (bicyclic) bond motifs is 2. The molecule has 1 fully saturated rings. The molecule has 30 heavy (non-hydrogen) atoms. The summed E-state index contributed by atoms with van der Waals surface area (Å²) in [6.45, 7) is 4.70. The van der Waals surface area contributed by atoms with Gasteiger partial charge in [0.25, 0.3) is 5.56 Å². The molecule has 1 aliphatic heterocycles. The lowest BCUT2D eigenvalue weighted by Crippen LogP contribution is -2.46. The van der Waals surface area contributed by atoms with Gasteiger partial charge in [0.05, 0.1) is 48.0 Å². The van der Waals surface area contributed by atoms with Crippen molar-refractivity contribution < 1.29 is 5.11 Å². The van der Waals surface area contributed by atoms with Crippen LogP contribution in [-0.2, 0) is 13.1 Å². The van der Waals surface area contributed by atoms with E-state index in [0.29, 0.717) is 10.9 Å². The minimum atomic E-state index is -0.115. The van der Waals surface area contributed by atoms with Crippen LogP contribution in [0.2, 0.25) is 0 Å². The van der Waals surface area contributed by atoms with Crippen LogP contribution in [-0.4, -0.2) is 62.3 Å². The Morgan fingerprint density at radius 3 is 2.67 bits per heavy atom. The van der Waals surface area contributed by atoms with Crippen molar-refractivity contribution in [2.45, 2.75) is 13.1 Å². The Bertz CT molecular complexity index is 1210. The van der Waals surface area contributed by atoms with E-state index in [0.717, 1.165) is 55.3 Å². The molecule has 2 aromatic carbocycles. The van der Waals surface area contributed by atoms with E-state index in [4.69, 9.17) is 5.11 Å². The summed E-state index contributed by atoms with van der Waals surface area (Å²) in [5, 5.41) is 9.66. The van der Waals surface area contributed by atoms with Gasteiger partial charge >= 0.3 is 0 Å². The molecule has 0 aliphatic carbocycles. The van der Waals surface area contributed by atoms with E-state index < -0.39 is 0 Å². The Balaban J connectivity index is 1.27. The molecule has 4 aromatic rings. The largest absolute Gasteiger partial charge is 0.395 e. The molecule has 0 unspecified atom stereocenters. The Hall–Kier alpha value is -3.23. The first-order chi connectivity index (χ1) is 14.7. The molecule has 2 N–H and O–H groups in total. The van der Waals surface area contributed by atoms with Crippen molar-refractivity contribution in [3.05, 3.63) is 65.0 Å². The second-order valence-electron chi connectivity index (χ2n) is 7.63. The molecule has 8 heteroatoms. The molecule has 0 bridgehead atoms. The molecule has 3 heterocycles. The second-order valence-corrected chi connectivity index (χ2v) is 7.63. The summed E-state index contributed by atoms with van der Waals surface area (Å²) in [6.07, 6.45) is 1.51. The van der Waals surface area contributed by atoms with Gasteiger partial charge in [-0.3, -0.25) is 14.3 Å². The molecule has 1 aliphatic rings. The minimum Gasteiger partial charge on any atom is -0.395 e. The van der Waals surface area contributed by atoms with Gasteiger partial charge in [0.15, 0.2) is 0 Å². The third kappa shape index (κ3) is 3.55. The van der Waals surface area contributed by atoms with E-state index in [1.807, 2.05) is 36.4 Å². The SMILES string of the molecule is O=c1c2ccc(N3CCN(Cc4nc5ccccc5[nH]4)CC3)cc2ncn1CCO. The number of hydrogen-bond acceptors (Lipinski definition) is 6. The van der Waals surface area contributed by atoms with E-state index in [9.17, 15) is 4.79 Å². The molecule has 5 rings (SSSR count). The van der Waals surface area contributed by atoms with E-state index in [1.54, 1.807) is 0 Å². The first-order valence-electron chi connectivity index (χ1n) is 10.2. The van der Waals surface area contributed by atoms with Crippen molar-refractivity contribution in [2.24, 2.45) is 0 Å². The minimum absolute atomic E-state index is 0.0799. The molecular formula is C22H24N6O2. The monoisotopic (exact) mass is 404 g/mol. The molecule has 0 radical (unpaired) electrons. The van der Waals surface area contributed by atoms with Crippen molar-refractivity contribution in [3.63, 3.8) is 0 Å². The normalized spacial score (nSPS) is 15.3. The highest BCUT2D eigenvalue weighted by molar-refractivity contribution is 5.81. The average molecular weight is 404 g/mol. The van der Waals surface area contributed by atoms with Crippen LogP contribution >= 0.6 is 0 Å². The number of anilines is 1. The predicted octanol–water partition coefficient (Wildman–Crippen LogP) is 1.59. The maximum atomic E-state index is 12.5. The number of benzene rings is 2.